The van der Waals surface area contributed by atoms with Crippen LogP contribution in [0.4, 0.5) is 0 Å². The average molecular weight is 227 g/mol. The van der Waals surface area contributed by atoms with Gasteiger partial charge in [-0.3, -0.25) is 9.36 Å². The highest BCUT2D eigenvalue weighted by Gasteiger charge is 2.29. The third kappa shape index (κ3) is 2.31. The van der Waals surface area contributed by atoms with E-state index in [0.717, 1.165) is 12.8 Å². The molecule has 1 aliphatic rings. The van der Waals surface area contributed by atoms with Crippen molar-refractivity contribution in [3.8, 4) is 0 Å². The summed E-state index contributed by atoms with van der Waals surface area (Å²) >= 11 is 1.34. The maximum atomic E-state index is 11.4. The highest BCUT2D eigenvalue weighted by atomic mass is 32.2. The van der Waals surface area contributed by atoms with E-state index in [4.69, 9.17) is 0 Å². The normalized spacial score (nSPS) is 15.5. The molecule has 1 heterocycles. The molecule has 0 atom stereocenters. The molecule has 1 aliphatic carbocycles. The summed E-state index contributed by atoms with van der Waals surface area (Å²) in [6.07, 6.45) is 2.06. The zero-order valence-electron chi connectivity index (χ0n) is 8.52. The predicted molar refractivity (Wildman–Crippen MR) is 57.0 cm³/mol. The van der Waals surface area contributed by atoms with Crippen LogP contribution in [0.15, 0.2) is 9.95 Å². The Labute approximate surface area is 91.3 Å². The largest absolute Gasteiger partial charge is 0.343 e. The van der Waals surface area contributed by atoms with E-state index in [9.17, 15) is 9.59 Å². The number of thioether (sulfide) groups is 1. The Hall–Kier alpha value is -1.04. The molecule has 6 heteroatoms. The second kappa shape index (κ2) is 4.22. The van der Waals surface area contributed by atoms with Crippen LogP contribution in [0.3, 0.4) is 0 Å². The molecular formula is C9H13N3O2S. The van der Waals surface area contributed by atoms with E-state index in [-0.39, 0.29) is 17.4 Å². The van der Waals surface area contributed by atoms with E-state index in [2.05, 4.69) is 10.2 Å². The van der Waals surface area contributed by atoms with Crippen LogP contribution in [-0.2, 0) is 11.3 Å². The van der Waals surface area contributed by atoms with Crippen molar-refractivity contribution in [2.75, 3.05) is 5.75 Å². The minimum absolute atomic E-state index is 0.209. The zero-order valence-corrected chi connectivity index (χ0v) is 9.34. The standard InChI is InChI=1S/C9H13N3O2S/c1-2-12-8(14)10-11-9(12)15-5-7(13)6-3-4-6/h6H,2-5H2,1H3,(H,10,14). The van der Waals surface area contributed by atoms with Gasteiger partial charge in [-0.15, -0.1) is 5.10 Å². The highest BCUT2D eigenvalue weighted by molar-refractivity contribution is 7.99. The lowest BCUT2D eigenvalue weighted by Crippen LogP contribution is -2.16. The van der Waals surface area contributed by atoms with Gasteiger partial charge in [0, 0.05) is 12.5 Å². The number of carbonyl (C=O) groups excluding carboxylic acids is 1. The lowest BCUT2D eigenvalue weighted by Gasteiger charge is -2.00. The molecule has 1 saturated carbocycles. The van der Waals surface area contributed by atoms with E-state index in [1.165, 1.54) is 16.3 Å². The van der Waals surface area contributed by atoms with Gasteiger partial charge in [-0.1, -0.05) is 11.8 Å². The summed E-state index contributed by atoms with van der Waals surface area (Å²) in [5.74, 6) is 0.978. The summed E-state index contributed by atoms with van der Waals surface area (Å²) in [5.41, 5.74) is -0.209. The van der Waals surface area contributed by atoms with Crippen LogP contribution in [0.25, 0.3) is 0 Å². The summed E-state index contributed by atoms with van der Waals surface area (Å²) in [6, 6.07) is 0. The number of hydrogen-bond acceptors (Lipinski definition) is 4. The lowest BCUT2D eigenvalue weighted by atomic mass is 10.3. The molecule has 0 radical (unpaired) electrons. The number of carbonyl (C=O) groups is 1. The second-order valence-corrected chi connectivity index (χ2v) is 4.53. The minimum atomic E-state index is -0.209. The average Bonchev–Trinajstić information content (AvgIpc) is 3.00. The number of nitrogens with one attached hydrogen (secondary N) is 1. The van der Waals surface area contributed by atoms with Crippen LogP contribution < -0.4 is 5.69 Å². The van der Waals surface area contributed by atoms with Crippen LogP contribution >= 0.6 is 11.8 Å². The molecule has 0 bridgehead atoms. The summed E-state index contributed by atoms with van der Waals surface area (Å²) in [7, 11) is 0. The van der Waals surface area contributed by atoms with E-state index in [1.54, 1.807) is 0 Å². The maximum Gasteiger partial charge on any atom is 0.343 e. The molecule has 1 fully saturated rings. The fourth-order valence-electron chi connectivity index (χ4n) is 1.35. The third-order valence-corrected chi connectivity index (χ3v) is 3.41. The Bertz CT molecular complexity index is 419. The smallest absolute Gasteiger partial charge is 0.298 e. The van der Waals surface area contributed by atoms with Crippen molar-refractivity contribution in [3.05, 3.63) is 10.5 Å². The number of ketones is 1. The molecule has 0 unspecified atom stereocenters. The van der Waals surface area contributed by atoms with Gasteiger partial charge in [0.15, 0.2) is 5.16 Å². The zero-order chi connectivity index (χ0) is 10.8. The lowest BCUT2D eigenvalue weighted by molar-refractivity contribution is -0.117. The molecule has 1 N–H and O–H groups in total. The molecule has 1 aromatic rings. The molecule has 0 saturated heterocycles. The van der Waals surface area contributed by atoms with E-state index in [0.29, 0.717) is 17.5 Å². The summed E-state index contributed by atoms with van der Waals surface area (Å²) in [4.78, 5) is 22.6. The van der Waals surface area contributed by atoms with Gasteiger partial charge in [0.1, 0.15) is 5.78 Å². The van der Waals surface area contributed by atoms with Gasteiger partial charge in [0.05, 0.1) is 5.75 Å². The fourth-order valence-corrected chi connectivity index (χ4v) is 2.34. The molecular weight excluding hydrogens is 214 g/mol. The Kier molecular flexibility index (Phi) is 2.95. The topological polar surface area (TPSA) is 67.8 Å². The fraction of sp³-hybridized carbons (Fsp3) is 0.667. The van der Waals surface area contributed by atoms with Gasteiger partial charge in [-0.05, 0) is 19.8 Å². The molecule has 1 aromatic heterocycles. The molecule has 0 amide bonds. The van der Waals surface area contributed by atoms with Gasteiger partial charge >= 0.3 is 5.69 Å². The summed E-state index contributed by atoms with van der Waals surface area (Å²) in [6.45, 7) is 2.46. The number of aromatic nitrogens is 3. The van der Waals surface area contributed by atoms with Crippen molar-refractivity contribution in [3.63, 3.8) is 0 Å². The third-order valence-electron chi connectivity index (χ3n) is 2.42. The van der Waals surface area contributed by atoms with Gasteiger partial charge in [-0.25, -0.2) is 9.89 Å². The Morgan fingerprint density at radius 1 is 1.67 bits per heavy atom. The van der Waals surface area contributed by atoms with Crippen molar-refractivity contribution in [1.29, 1.82) is 0 Å². The van der Waals surface area contributed by atoms with E-state index < -0.39 is 0 Å². The van der Waals surface area contributed by atoms with Gasteiger partial charge < -0.3 is 0 Å². The maximum absolute atomic E-state index is 11.4. The van der Waals surface area contributed by atoms with Crippen LogP contribution in [-0.4, -0.2) is 26.3 Å². The predicted octanol–water partition coefficient (Wildman–Crippen LogP) is 0.662. The number of aromatic amines is 1. The Balaban J connectivity index is 1.97. The van der Waals surface area contributed by atoms with Crippen molar-refractivity contribution >= 4 is 17.5 Å². The SMILES string of the molecule is CCn1c(SCC(=O)C2CC2)n[nH]c1=O. The Morgan fingerprint density at radius 2 is 2.40 bits per heavy atom. The minimum Gasteiger partial charge on any atom is -0.298 e. The number of rotatable bonds is 5. The number of nitrogens with zero attached hydrogens (tertiary/aromatic N) is 2. The van der Waals surface area contributed by atoms with Gasteiger partial charge in [0.2, 0.25) is 0 Å². The first kappa shape index (κ1) is 10.5. The van der Waals surface area contributed by atoms with Crippen molar-refractivity contribution in [2.24, 2.45) is 5.92 Å². The number of Topliss-reactive ketones (excluding diaryl/α,β-unsaturated/α-hetero) is 1. The monoisotopic (exact) mass is 227 g/mol. The first-order chi connectivity index (χ1) is 7.22. The first-order valence-corrected chi connectivity index (χ1v) is 6.01. The molecule has 5 nitrogen and oxygen atoms in total. The van der Waals surface area contributed by atoms with Crippen LogP contribution in [0.1, 0.15) is 19.8 Å². The Morgan fingerprint density at radius 3 is 3.00 bits per heavy atom. The summed E-state index contributed by atoms with van der Waals surface area (Å²) < 4.78 is 1.53. The van der Waals surface area contributed by atoms with E-state index in [1.807, 2.05) is 6.92 Å². The molecule has 2 rings (SSSR count). The highest BCUT2D eigenvalue weighted by Crippen LogP contribution is 2.31. The summed E-state index contributed by atoms with van der Waals surface area (Å²) in [5, 5.41) is 6.86. The molecule has 0 spiro atoms. The van der Waals surface area contributed by atoms with Crippen molar-refractivity contribution in [1.82, 2.24) is 14.8 Å². The van der Waals surface area contributed by atoms with Gasteiger partial charge in [-0.2, -0.15) is 0 Å². The molecule has 82 valence electrons. The van der Waals surface area contributed by atoms with E-state index >= 15 is 0 Å². The second-order valence-electron chi connectivity index (χ2n) is 3.58. The van der Waals surface area contributed by atoms with Gasteiger partial charge in [0.25, 0.3) is 0 Å². The van der Waals surface area contributed by atoms with Crippen LogP contribution in [0, 0.1) is 5.92 Å². The molecule has 0 aliphatic heterocycles. The van der Waals surface area contributed by atoms with Crippen molar-refractivity contribution < 1.29 is 4.79 Å². The number of H-pyrrole nitrogens is 1. The van der Waals surface area contributed by atoms with Crippen LogP contribution in [0.2, 0.25) is 0 Å². The van der Waals surface area contributed by atoms with Crippen molar-refractivity contribution in [2.45, 2.75) is 31.5 Å². The van der Waals surface area contributed by atoms with Crippen LogP contribution in [0.5, 0.6) is 0 Å². The number of hydrogen-bond donors (Lipinski definition) is 1. The molecule has 15 heavy (non-hydrogen) atoms. The first-order valence-electron chi connectivity index (χ1n) is 5.03. The quantitative estimate of drug-likeness (QED) is 0.750. The molecule has 0 aromatic carbocycles.